The molecule has 3 aromatic heterocycles. The van der Waals surface area contributed by atoms with Crippen molar-refractivity contribution in [2.45, 2.75) is 44.3 Å². The van der Waals surface area contributed by atoms with E-state index in [9.17, 15) is 32.3 Å². The molecule has 0 unspecified atom stereocenters. The van der Waals surface area contributed by atoms with E-state index >= 15 is 0 Å². The number of anilines is 3. The highest BCUT2D eigenvalue weighted by molar-refractivity contribution is 7.17. The van der Waals surface area contributed by atoms with E-state index in [0.29, 0.717) is 24.2 Å². The van der Waals surface area contributed by atoms with Gasteiger partial charge in [0, 0.05) is 30.5 Å². The standard InChI is InChI=1S/C20H19F4N7O4S/c1-30-12(5-13(29-30)35-18(21)22)26-19-28-25-7-31(19)8-2-3-11-9(4-8)14(17(33)34)16(36-11)27-15(32)10-6-20(10,23)24/h5,7-8,10,18H,2-4,6H2,1H3,(H,26,28)(H,27,32)(H,33,34)/t8-,10+/m0/s1. The second-order valence-electron chi connectivity index (χ2n) is 8.47. The van der Waals surface area contributed by atoms with Crippen LogP contribution in [0.15, 0.2) is 12.4 Å². The third-order valence-electron chi connectivity index (χ3n) is 6.10. The highest BCUT2D eigenvalue weighted by Crippen LogP contribution is 2.50. The zero-order valence-corrected chi connectivity index (χ0v) is 19.4. The van der Waals surface area contributed by atoms with E-state index in [1.807, 2.05) is 0 Å². The minimum absolute atomic E-state index is 0.0457. The maximum atomic E-state index is 13.3. The number of ether oxygens (including phenoxy) is 1. The summed E-state index contributed by atoms with van der Waals surface area (Å²) in [5.74, 6) is -6.38. The molecule has 2 atom stereocenters. The zero-order valence-electron chi connectivity index (χ0n) is 18.5. The van der Waals surface area contributed by atoms with Crippen LogP contribution in [-0.2, 0) is 24.7 Å². The number of nitrogens with one attached hydrogen (secondary N) is 2. The number of carboxylic acids is 1. The summed E-state index contributed by atoms with van der Waals surface area (Å²) in [5, 5.41) is 27.0. The lowest BCUT2D eigenvalue weighted by molar-refractivity contribution is -0.119. The van der Waals surface area contributed by atoms with Crippen LogP contribution in [0.1, 0.15) is 39.7 Å². The van der Waals surface area contributed by atoms with Crippen molar-refractivity contribution in [3.8, 4) is 5.88 Å². The molecule has 3 aromatic rings. The Morgan fingerprint density at radius 1 is 1.36 bits per heavy atom. The maximum absolute atomic E-state index is 13.3. The molecule has 192 valence electrons. The van der Waals surface area contributed by atoms with E-state index < -0.39 is 36.7 Å². The average molecular weight is 529 g/mol. The molecular formula is C20H19F4N7O4S. The molecule has 11 nitrogen and oxygen atoms in total. The van der Waals surface area contributed by atoms with E-state index in [2.05, 4.69) is 30.7 Å². The quantitative estimate of drug-likeness (QED) is 0.378. The normalized spacial score (nSPS) is 20.2. The van der Waals surface area contributed by atoms with Gasteiger partial charge in [0.2, 0.25) is 17.7 Å². The number of carbonyl (C=O) groups excluding carboxylic acids is 1. The summed E-state index contributed by atoms with van der Waals surface area (Å²) in [5.41, 5.74) is 0.398. The fourth-order valence-electron chi connectivity index (χ4n) is 4.23. The molecule has 0 aromatic carbocycles. The third kappa shape index (κ3) is 4.47. The van der Waals surface area contributed by atoms with Crippen molar-refractivity contribution in [1.29, 1.82) is 0 Å². The summed E-state index contributed by atoms with van der Waals surface area (Å²) in [7, 11) is 1.52. The molecule has 3 N–H and O–H groups in total. The van der Waals surface area contributed by atoms with Gasteiger partial charge in [0.05, 0.1) is 5.56 Å². The molecule has 3 heterocycles. The SMILES string of the molecule is Cn1nc(OC(F)F)cc1Nc1nncn1[C@H]1CCc2sc(NC(=O)[C@H]3CC3(F)F)c(C(=O)O)c2C1. The van der Waals surface area contributed by atoms with E-state index in [1.54, 1.807) is 4.57 Å². The van der Waals surface area contributed by atoms with Crippen molar-refractivity contribution in [2.75, 3.05) is 10.6 Å². The molecule has 36 heavy (non-hydrogen) atoms. The van der Waals surface area contributed by atoms with Crippen LogP contribution in [0.5, 0.6) is 5.88 Å². The van der Waals surface area contributed by atoms with Gasteiger partial charge in [0.25, 0.3) is 5.92 Å². The Bertz CT molecular complexity index is 1340. The lowest BCUT2D eigenvalue weighted by Gasteiger charge is -2.25. The van der Waals surface area contributed by atoms with Crippen LogP contribution >= 0.6 is 11.3 Å². The molecule has 16 heteroatoms. The Hall–Kier alpha value is -3.69. The summed E-state index contributed by atoms with van der Waals surface area (Å²) in [6.07, 6.45) is 2.23. The monoisotopic (exact) mass is 529 g/mol. The number of carboxylic acid groups (broad SMARTS) is 1. The Labute approximate surface area is 204 Å². The molecule has 2 aliphatic rings. The summed E-state index contributed by atoms with van der Waals surface area (Å²) in [4.78, 5) is 25.0. The number of aryl methyl sites for hydroxylation is 2. The van der Waals surface area contributed by atoms with E-state index in [4.69, 9.17) is 0 Å². The number of alkyl halides is 4. The minimum Gasteiger partial charge on any atom is -0.478 e. The number of halogens is 4. The van der Waals surface area contributed by atoms with Gasteiger partial charge in [-0.25, -0.2) is 18.3 Å². The topological polar surface area (TPSA) is 136 Å². The summed E-state index contributed by atoms with van der Waals surface area (Å²) in [6, 6.07) is 0.994. The van der Waals surface area contributed by atoms with Crippen molar-refractivity contribution in [3.63, 3.8) is 0 Å². The van der Waals surface area contributed by atoms with E-state index in [-0.39, 0.29) is 34.9 Å². The minimum atomic E-state index is -3.06. The highest BCUT2D eigenvalue weighted by Gasteiger charge is 2.61. The Morgan fingerprint density at radius 2 is 2.11 bits per heavy atom. The molecule has 1 amide bonds. The summed E-state index contributed by atoms with van der Waals surface area (Å²) >= 11 is 1.08. The molecule has 2 aliphatic carbocycles. The van der Waals surface area contributed by atoms with Crippen LogP contribution in [0, 0.1) is 5.92 Å². The summed E-state index contributed by atoms with van der Waals surface area (Å²) in [6.45, 7) is -3.03. The molecule has 0 bridgehead atoms. The first-order valence-corrected chi connectivity index (χ1v) is 11.6. The number of aromatic nitrogens is 5. The maximum Gasteiger partial charge on any atom is 0.388 e. The molecule has 1 saturated carbocycles. The summed E-state index contributed by atoms with van der Waals surface area (Å²) < 4.78 is 58.8. The number of hydrogen-bond acceptors (Lipinski definition) is 8. The fraction of sp³-hybridized carbons (Fsp3) is 0.450. The Kier molecular flexibility index (Phi) is 5.84. The lowest BCUT2D eigenvalue weighted by atomic mass is 9.91. The van der Waals surface area contributed by atoms with Gasteiger partial charge in [-0.1, -0.05) is 0 Å². The van der Waals surface area contributed by atoms with Crippen LogP contribution in [0.3, 0.4) is 0 Å². The first-order valence-electron chi connectivity index (χ1n) is 10.8. The number of fused-ring (bicyclic) bond motifs is 1. The number of aromatic carboxylic acids is 1. The molecule has 0 aliphatic heterocycles. The Morgan fingerprint density at radius 3 is 2.78 bits per heavy atom. The van der Waals surface area contributed by atoms with Crippen molar-refractivity contribution in [3.05, 3.63) is 28.4 Å². The molecule has 1 fully saturated rings. The fourth-order valence-corrected chi connectivity index (χ4v) is 5.47. The van der Waals surface area contributed by atoms with E-state index in [1.165, 1.54) is 24.1 Å². The number of nitrogens with zero attached hydrogens (tertiary/aromatic N) is 5. The van der Waals surface area contributed by atoms with Crippen molar-refractivity contribution >= 4 is 40.0 Å². The second-order valence-corrected chi connectivity index (χ2v) is 9.58. The van der Waals surface area contributed by atoms with Crippen LogP contribution in [0.2, 0.25) is 0 Å². The Balaban J connectivity index is 1.36. The van der Waals surface area contributed by atoms with Gasteiger partial charge >= 0.3 is 12.6 Å². The molecule has 0 saturated heterocycles. The predicted octanol–water partition coefficient (Wildman–Crippen LogP) is 3.44. The van der Waals surface area contributed by atoms with Gasteiger partial charge in [-0.05, 0) is 24.8 Å². The van der Waals surface area contributed by atoms with Gasteiger partial charge in [-0.2, -0.15) is 8.78 Å². The highest BCUT2D eigenvalue weighted by atomic mass is 32.1. The van der Waals surface area contributed by atoms with Crippen LogP contribution < -0.4 is 15.4 Å². The molecule has 0 spiro atoms. The zero-order chi connectivity index (χ0) is 25.8. The number of rotatable bonds is 8. The van der Waals surface area contributed by atoms with E-state index in [0.717, 1.165) is 16.2 Å². The second kappa shape index (κ2) is 8.76. The molecular weight excluding hydrogens is 510 g/mol. The first kappa shape index (κ1) is 24.0. The molecule has 5 rings (SSSR count). The van der Waals surface area contributed by atoms with Crippen LogP contribution in [0.25, 0.3) is 0 Å². The first-order chi connectivity index (χ1) is 17.0. The van der Waals surface area contributed by atoms with Gasteiger partial charge in [0.1, 0.15) is 23.1 Å². The number of thiophene rings is 1. The van der Waals surface area contributed by atoms with Crippen LogP contribution in [0.4, 0.5) is 34.3 Å². The third-order valence-corrected chi connectivity index (χ3v) is 7.31. The number of carbonyl (C=O) groups is 2. The largest absolute Gasteiger partial charge is 0.478 e. The number of hydrogen-bond donors (Lipinski definition) is 3. The lowest BCUT2D eigenvalue weighted by Crippen LogP contribution is -2.21. The van der Waals surface area contributed by atoms with Crippen molar-refractivity contribution < 1.29 is 37.0 Å². The van der Waals surface area contributed by atoms with Gasteiger partial charge in [0.15, 0.2) is 0 Å². The average Bonchev–Trinajstić information content (AvgIpc) is 3.15. The van der Waals surface area contributed by atoms with Crippen LogP contribution in [-0.4, -0.2) is 54.1 Å². The van der Waals surface area contributed by atoms with Crippen molar-refractivity contribution in [2.24, 2.45) is 13.0 Å². The predicted molar refractivity (Wildman–Crippen MR) is 117 cm³/mol. The van der Waals surface area contributed by atoms with Crippen molar-refractivity contribution in [1.82, 2.24) is 24.5 Å². The molecule has 0 radical (unpaired) electrons. The van der Waals surface area contributed by atoms with Gasteiger partial charge in [-0.15, -0.1) is 26.6 Å². The van der Waals surface area contributed by atoms with Gasteiger partial charge < -0.3 is 20.5 Å². The number of amides is 1. The van der Waals surface area contributed by atoms with Gasteiger partial charge in [-0.3, -0.25) is 9.36 Å². The smallest absolute Gasteiger partial charge is 0.388 e.